The average molecular weight is 658 g/mol. The molecule has 12 heteroatoms. The average Bonchev–Trinajstić information content (AvgIpc) is 3.48. The van der Waals surface area contributed by atoms with Crippen LogP contribution in [0.2, 0.25) is 10.0 Å². The monoisotopic (exact) mass is 656 g/mol. The number of rotatable bonds is 13. The Morgan fingerprint density at radius 2 is 1.74 bits per heavy atom. The van der Waals surface area contributed by atoms with Gasteiger partial charge in [0.25, 0.3) is 0 Å². The number of thiazole rings is 1. The first-order chi connectivity index (χ1) is 20.6. The highest BCUT2D eigenvalue weighted by atomic mass is 35.5. The largest absolute Gasteiger partial charge is 0.494 e. The van der Waals surface area contributed by atoms with E-state index in [0.29, 0.717) is 67.7 Å². The van der Waals surface area contributed by atoms with E-state index in [1.165, 1.54) is 0 Å². The summed E-state index contributed by atoms with van der Waals surface area (Å²) in [6.45, 7) is 8.19. The molecule has 0 unspecified atom stereocenters. The van der Waals surface area contributed by atoms with Crippen LogP contribution in [0.5, 0.6) is 5.75 Å². The zero-order valence-electron chi connectivity index (χ0n) is 24.4. The Hall–Kier alpha value is -2.53. The maximum atomic E-state index is 13.5. The molecular formula is C31H37Cl2F3N4O2S. The zero-order chi connectivity index (χ0) is 31.0. The molecule has 0 radical (unpaired) electrons. The van der Waals surface area contributed by atoms with Gasteiger partial charge in [0, 0.05) is 56.3 Å². The Morgan fingerprint density at radius 1 is 1.05 bits per heavy atom. The van der Waals surface area contributed by atoms with Gasteiger partial charge in [0.1, 0.15) is 5.75 Å². The van der Waals surface area contributed by atoms with Crippen LogP contribution in [0.3, 0.4) is 0 Å². The van der Waals surface area contributed by atoms with Crippen molar-refractivity contribution in [2.75, 3.05) is 44.2 Å². The van der Waals surface area contributed by atoms with Gasteiger partial charge in [0.05, 0.1) is 22.3 Å². The molecule has 4 rings (SSSR count). The lowest BCUT2D eigenvalue weighted by Gasteiger charge is -2.39. The highest BCUT2D eigenvalue weighted by Crippen LogP contribution is 2.30. The van der Waals surface area contributed by atoms with Crippen LogP contribution in [-0.4, -0.2) is 72.2 Å². The molecule has 43 heavy (non-hydrogen) atoms. The number of hydrogen-bond donors (Lipinski definition) is 0. The third kappa shape index (κ3) is 9.23. The van der Waals surface area contributed by atoms with Crippen LogP contribution < -0.4 is 9.64 Å². The SMILES string of the molecule is CCN(CC)c1nc(-c2ccc(OCCCCN(C(=O)C(F)(F)F)C3CCN(Cc4ccc(Cl)c(Cl)c4)CC3)cc2)cs1. The van der Waals surface area contributed by atoms with Crippen molar-refractivity contribution in [3.63, 3.8) is 0 Å². The molecule has 1 saturated heterocycles. The fourth-order valence-corrected chi connectivity index (χ4v) is 6.52. The number of piperidine rings is 1. The minimum atomic E-state index is -4.90. The van der Waals surface area contributed by atoms with E-state index in [0.717, 1.165) is 39.9 Å². The van der Waals surface area contributed by atoms with Gasteiger partial charge < -0.3 is 14.5 Å². The van der Waals surface area contributed by atoms with Gasteiger partial charge in [-0.15, -0.1) is 11.3 Å². The number of nitrogens with zero attached hydrogens (tertiary/aromatic N) is 4. The summed E-state index contributed by atoms with van der Waals surface area (Å²) in [5.74, 6) is -1.08. The molecular weight excluding hydrogens is 620 g/mol. The second kappa shape index (κ2) is 15.5. The first-order valence-electron chi connectivity index (χ1n) is 14.6. The standard InChI is InChI=1S/C31H37Cl2F3N4O2S/c1-3-39(4-2)30-37-28(21-43-30)23-8-10-25(11-9-23)42-18-6-5-15-40(29(41)31(34,35)36)24-13-16-38(17-14-24)20-22-7-12-26(32)27(33)19-22/h7-12,19,21,24H,3-6,13-18,20H2,1-2H3. The number of anilines is 1. The molecule has 2 heterocycles. The van der Waals surface area contributed by atoms with Crippen LogP contribution in [-0.2, 0) is 11.3 Å². The maximum Gasteiger partial charge on any atom is 0.471 e. The van der Waals surface area contributed by atoms with E-state index in [1.54, 1.807) is 23.5 Å². The summed E-state index contributed by atoms with van der Waals surface area (Å²) < 4.78 is 46.2. The minimum absolute atomic E-state index is 0.0385. The maximum absolute atomic E-state index is 13.5. The van der Waals surface area contributed by atoms with E-state index in [2.05, 4.69) is 23.6 Å². The van der Waals surface area contributed by atoms with Crippen molar-refractivity contribution >= 4 is 45.6 Å². The number of amides is 1. The predicted molar refractivity (Wildman–Crippen MR) is 168 cm³/mol. The van der Waals surface area contributed by atoms with Crippen molar-refractivity contribution in [2.45, 2.75) is 58.3 Å². The smallest absolute Gasteiger partial charge is 0.471 e. The lowest BCUT2D eigenvalue weighted by molar-refractivity contribution is -0.188. The number of hydrogen-bond acceptors (Lipinski definition) is 6. The number of aromatic nitrogens is 1. The Labute approximate surface area is 265 Å². The van der Waals surface area contributed by atoms with Gasteiger partial charge in [-0.2, -0.15) is 13.2 Å². The molecule has 234 valence electrons. The molecule has 6 nitrogen and oxygen atoms in total. The highest BCUT2D eigenvalue weighted by molar-refractivity contribution is 7.14. The number of halogens is 5. The summed E-state index contributed by atoms with van der Waals surface area (Å²) >= 11 is 13.7. The number of likely N-dealkylation sites (tertiary alicyclic amines) is 1. The number of alkyl halides is 3. The molecule has 2 aromatic carbocycles. The van der Waals surface area contributed by atoms with E-state index in [4.69, 9.17) is 32.9 Å². The number of carbonyl (C=O) groups excluding carboxylic acids is 1. The first-order valence-corrected chi connectivity index (χ1v) is 16.2. The molecule has 1 aliphatic heterocycles. The van der Waals surface area contributed by atoms with Crippen LogP contribution in [0, 0.1) is 0 Å². The van der Waals surface area contributed by atoms with Crippen LogP contribution in [0.4, 0.5) is 18.3 Å². The lowest BCUT2D eigenvalue weighted by atomic mass is 10.0. The topological polar surface area (TPSA) is 48.9 Å². The van der Waals surface area contributed by atoms with Gasteiger partial charge in [-0.05, 0) is 81.5 Å². The van der Waals surface area contributed by atoms with Crippen LogP contribution in [0.1, 0.15) is 45.1 Å². The van der Waals surface area contributed by atoms with Crippen LogP contribution in [0.25, 0.3) is 11.3 Å². The summed E-state index contributed by atoms with van der Waals surface area (Å²) in [6.07, 6.45) is -3.02. The van der Waals surface area contributed by atoms with Crippen molar-refractivity contribution in [1.29, 1.82) is 0 Å². The van der Waals surface area contributed by atoms with Crippen molar-refractivity contribution in [3.05, 3.63) is 63.5 Å². The molecule has 0 spiro atoms. The Kier molecular flexibility index (Phi) is 12.0. The van der Waals surface area contributed by atoms with Gasteiger partial charge in [0.2, 0.25) is 0 Å². The van der Waals surface area contributed by atoms with Crippen molar-refractivity contribution in [1.82, 2.24) is 14.8 Å². The van der Waals surface area contributed by atoms with Crippen molar-refractivity contribution in [2.24, 2.45) is 0 Å². The summed E-state index contributed by atoms with van der Waals surface area (Å²) in [4.78, 5) is 22.5. The van der Waals surface area contributed by atoms with Gasteiger partial charge in [-0.25, -0.2) is 4.98 Å². The third-order valence-corrected chi connectivity index (χ3v) is 9.27. The van der Waals surface area contributed by atoms with Crippen molar-refractivity contribution < 1.29 is 22.7 Å². The van der Waals surface area contributed by atoms with Gasteiger partial charge >= 0.3 is 12.1 Å². The van der Waals surface area contributed by atoms with Crippen molar-refractivity contribution in [3.8, 4) is 17.0 Å². The second-order valence-electron chi connectivity index (χ2n) is 10.5. The lowest BCUT2D eigenvalue weighted by Crippen LogP contribution is -2.51. The number of benzene rings is 2. The molecule has 0 N–H and O–H groups in total. The Balaban J connectivity index is 1.24. The number of unbranched alkanes of at least 4 members (excludes halogenated alkanes) is 1. The van der Waals surface area contributed by atoms with Gasteiger partial charge in [0.15, 0.2) is 5.13 Å². The van der Waals surface area contributed by atoms with Crippen LogP contribution in [0.15, 0.2) is 47.8 Å². The summed E-state index contributed by atoms with van der Waals surface area (Å²) in [5, 5.41) is 3.98. The zero-order valence-corrected chi connectivity index (χ0v) is 26.7. The number of ether oxygens (including phenoxy) is 1. The summed E-state index contributed by atoms with van der Waals surface area (Å²) in [7, 11) is 0. The minimum Gasteiger partial charge on any atom is -0.494 e. The first kappa shape index (κ1) is 33.4. The van der Waals surface area contributed by atoms with Gasteiger partial charge in [-0.3, -0.25) is 9.69 Å². The molecule has 1 fully saturated rings. The summed E-state index contributed by atoms with van der Waals surface area (Å²) in [5.41, 5.74) is 2.89. The van der Waals surface area contributed by atoms with E-state index >= 15 is 0 Å². The highest BCUT2D eigenvalue weighted by Gasteiger charge is 2.44. The molecule has 1 aliphatic rings. The van der Waals surface area contributed by atoms with Gasteiger partial charge in [-0.1, -0.05) is 29.3 Å². The molecule has 0 saturated carbocycles. The predicted octanol–water partition coefficient (Wildman–Crippen LogP) is 8.18. The Morgan fingerprint density at radius 3 is 2.37 bits per heavy atom. The van der Waals surface area contributed by atoms with E-state index in [1.807, 2.05) is 35.7 Å². The molecule has 0 atom stereocenters. The third-order valence-electron chi connectivity index (χ3n) is 7.63. The van der Waals surface area contributed by atoms with E-state index in [-0.39, 0.29) is 6.54 Å². The second-order valence-corrected chi connectivity index (χ2v) is 12.2. The molecule has 0 bridgehead atoms. The van der Waals surface area contributed by atoms with E-state index in [9.17, 15) is 18.0 Å². The molecule has 3 aromatic rings. The van der Waals surface area contributed by atoms with E-state index < -0.39 is 18.1 Å². The quantitative estimate of drug-likeness (QED) is 0.174. The summed E-state index contributed by atoms with van der Waals surface area (Å²) in [6, 6.07) is 12.6. The normalized spacial score (nSPS) is 14.6. The Bertz CT molecular complexity index is 1330. The fourth-order valence-electron chi connectivity index (χ4n) is 5.23. The van der Waals surface area contributed by atoms with Crippen LogP contribution >= 0.6 is 34.5 Å². The molecule has 0 aliphatic carbocycles. The molecule has 1 amide bonds. The number of carbonyl (C=O) groups is 1. The molecule has 1 aromatic heterocycles. The fraction of sp³-hybridized carbons (Fsp3) is 0.484.